The van der Waals surface area contributed by atoms with Crippen LogP contribution in [0.15, 0.2) is 24.3 Å². The zero-order chi connectivity index (χ0) is 12.2. The number of aliphatic carboxylic acids is 1. The van der Waals surface area contributed by atoms with E-state index in [2.05, 4.69) is 0 Å². The molecule has 1 aromatic rings. The van der Waals surface area contributed by atoms with E-state index in [0.29, 0.717) is 6.42 Å². The van der Waals surface area contributed by atoms with E-state index >= 15 is 0 Å². The van der Waals surface area contributed by atoms with E-state index in [1.54, 1.807) is 0 Å². The smallest absolute Gasteiger partial charge is 0.304 e. The van der Waals surface area contributed by atoms with Crippen molar-refractivity contribution in [1.82, 2.24) is 0 Å². The first-order chi connectivity index (χ1) is 7.45. The molecule has 0 atom stereocenters. The maximum absolute atomic E-state index is 10.7. The Balaban J connectivity index is 2.83. The predicted molar refractivity (Wildman–Crippen MR) is 62.5 cm³/mol. The van der Waals surface area contributed by atoms with Crippen LogP contribution < -0.4 is 0 Å². The average Bonchev–Trinajstić information content (AvgIpc) is 2.17. The van der Waals surface area contributed by atoms with Gasteiger partial charge in [0.25, 0.3) is 0 Å². The van der Waals surface area contributed by atoms with Crippen molar-refractivity contribution in [2.24, 2.45) is 0 Å². The molecular formula is C13H18O3. The molecule has 0 amide bonds. The number of hydrogen-bond acceptors (Lipinski definition) is 2. The largest absolute Gasteiger partial charge is 0.481 e. The highest BCUT2D eigenvalue weighted by Crippen LogP contribution is 2.27. The molecule has 3 nitrogen and oxygen atoms in total. The molecule has 0 aliphatic heterocycles. The average molecular weight is 222 g/mol. The summed E-state index contributed by atoms with van der Waals surface area (Å²) in [7, 11) is 0. The van der Waals surface area contributed by atoms with Crippen molar-refractivity contribution in [3.05, 3.63) is 35.4 Å². The first-order valence-electron chi connectivity index (χ1n) is 5.38. The monoisotopic (exact) mass is 222 g/mol. The summed E-state index contributed by atoms with van der Waals surface area (Å²) in [5, 5.41) is 17.6. The number of rotatable bonds is 5. The fourth-order valence-corrected chi connectivity index (χ4v) is 1.73. The first-order valence-corrected chi connectivity index (χ1v) is 5.38. The predicted octanol–water partition coefficient (Wildman–Crippen LogP) is 1.97. The number of carboxylic acid groups (broad SMARTS) is 1. The van der Waals surface area contributed by atoms with Gasteiger partial charge in [-0.25, -0.2) is 0 Å². The lowest BCUT2D eigenvalue weighted by molar-refractivity contribution is -0.138. The van der Waals surface area contributed by atoms with E-state index in [4.69, 9.17) is 10.2 Å². The molecule has 1 aromatic carbocycles. The van der Waals surface area contributed by atoms with Gasteiger partial charge >= 0.3 is 5.97 Å². The maximum atomic E-state index is 10.7. The summed E-state index contributed by atoms with van der Waals surface area (Å²) in [4.78, 5) is 10.7. The third-order valence-electron chi connectivity index (χ3n) is 2.73. The van der Waals surface area contributed by atoms with Crippen molar-refractivity contribution in [1.29, 1.82) is 0 Å². The number of hydrogen-bond donors (Lipinski definition) is 2. The number of aliphatic hydroxyl groups is 1. The number of carbonyl (C=O) groups is 1. The molecule has 0 bridgehead atoms. The van der Waals surface area contributed by atoms with Gasteiger partial charge in [-0.05, 0) is 17.5 Å². The molecule has 0 aliphatic carbocycles. The molecule has 0 fully saturated rings. The Labute approximate surface area is 95.7 Å². The van der Waals surface area contributed by atoms with Gasteiger partial charge in [0.1, 0.15) is 0 Å². The molecule has 88 valence electrons. The third-order valence-corrected chi connectivity index (χ3v) is 2.73. The second-order valence-electron chi connectivity index (χ2n) is 4.62. The molecule has 0 saturated carbocycles. The molecule has 0 saturated heterocycles. The first kappa shape index (κ1) is 12.7. The minimum Gasteiger partial charge on any atom is -0.481 e. The van der Waals surface area contributed by atoms with Crippen molar-refractivity contribution in [3.63, 3.8) is 0 Å². The highest BCUT2D eigenvalue weighted by Gasteiger charge is 2.23. The second-order valence-corrected chi connectivity index (χ2v) is 4.62. The van der Waals surface area contributed by atoms with Gasteiger partial charge in [-0.15, -0.1) is 0 Å². The van der Waals surface area contributed by atoms with Gasteiger partial charge in [-0.1, -0.05) is 38.1 Å². The van der Waals surface area contributed by atoms with Crippen molar-refractivity contribution in [3.8, 4) is 0 Å². The van der Waals surface area contributed by atoms with Crippen molar-refractivity contribution < 1.29 is 15.0 Å². The summed E-state index contributed by atoms with van der Waals surface area (Å²) in [6, 6.07) is 7.76. The molecular weight excluding hydrogens is 204 g/mol. The SMILES string of the molecule is CC(C)(CC(=O)O)c1ccc(CCO)cc1. The van der Waals surface area contributed by atoms with Crippen LogP contribution in [0.5, 0.6) is 0 Å². The molecule has 2 N–H and O–H groups in total. The highest BCUT2D eigenvalue weighted by atomic mass is 16.4. The van der Waals surface area contributed by atoms with Gasteiger partial charge in [-0.3, -0.25) is 4.79 Å². The Bertz CT molecular complexity index is 352. The van der Waals surface area contributed by atoms with Crippen LogP contribution in [0, 0.1) is 0 Å². The molecule has 3 heteroatoms. The standard InChI is InChI=1S/C13H18O3/c1-13(2,9-12(15)16)11-5-3-10(4-6-11)7-8-14/h3-6,14H,7-9H2,1-2H3,(H,15,16). The summed E-state index contributed by atoms with van der Waals surface area (Å²) in [5.74, 6) is -0.788. The summed E-state index contributed by atoms with van der Waals surface area (Å²) in [6.45, 7) is 3.97. The normalized spacial score (nSPS) is 11.4. The Kier molecular flexibility index (Phi) is 4.07. The quantitative estimate of drug-likeness (QED) is 0.800. The third kappa shape index (κ3) is 3.35. The number of carboxylic acids is 1. The number of benzene rings is 1. The highest BCUT2D eigenvalue weighted by molar-refractivity contribution is 5.68. The van der Waals surface area contributed by atoms with E-state index < -0.39 is 5.97 Å². The molecule has 0 spiro atoms. The van der Waals surface area contributed by atoms with Crippen molar-refractivity contribution in [2.75, 3.05) is 6.61 Å². The van der Waals surface area contributed by atoms with Crippen LogP contribution in [-0.4, -0.2) is 22.8 Å². The molecule has 0 aliphatic rings. The lowest BCUT2D eigenvalue weighted by Crippen LogP contribution is -2.21. The Morgan fingerprint density at radius 1 is 1.25 bits per heavy atom. The molecule has 1 rings (SSSR count). The Morgan fingerprint density at radius 2 is 1.81 bits per heavy atom. The van der Waals surface area contributed by atoms with Gasteiger partial charge in [0.2, 0.25) is 0 Å². The summed E-state index contributed by atoms with van der Waals surface area (Å²) >= 11 is 0. The van der Waals surface area contributed by atoms with Gasteiger partial charge in [0.15, 0.2) is 0 Å². The van der Waals surface area contributed by atoms with Crippen LogP contribution in [0.1, 0.15) is 31.4 Å². The fourth-order valence-electron chi connectivity index (χ4n) is 1.73. The van der Waals surface area contributed by atoms with Crippen LogP contribution in [0.25, 0.3) is 0 Å². The minimum atomic E-state index is -0.788. The maximum Gasteiger partial charge on any atom is 0.304 e. The topological polar surface area (TPSA) is 57.5 Å². The lowest BCUT2D eigenvalue weighted by atomic mass is 9.81. The number of aliphatic hydroxyl groups excluding tert-OH is 1. The summed E-state index contributed by atoms with van der Waals surface area (Å²) < 4.78 is 0. The Hall–Kier alpha value is -1.35. The van der Waals surface area contributed by atoms with E-state index in [1.165, 1.54) is 0 Å². The van der Waals surface area contributed by atoms with Gasteiger partial charge < -0.3 is 10.2 Å². The minimum absolute atomic E-state index is 0.117. The van der Waals surface area contributed by atoms with Crippen LogP contribution in [-0.2, 0) is 16.6 Å². The molecule has 0 heterocycles. The fraction of sp³-hybridized carbons (Fsp3) is 0.462. The van der Waals surface area contributed by atoms with Crippen LogP contribution in [0.2, 0.25) is 0 Å². The Morgan fingerprint density at radius 3 is 2.25 bits per heavy atom. The summed E-state index contributed by atoms with van der Waals surface area (Å²) in [6.07, 6.45) is 0.756. The van der Waals surface area contributed by atoms with Gasteiger partial charge in [-0.2, -0.15) is 0 Å². The van der Waals surface area contributed by atoms with Crippen LogP contribution in [0.3, 0.4) is 0 Å². The molecule has 0 radical (unpaired) electrons. The van der Waals surface area contributed by atoms with E-state index in [9.17, 15) is 4.79 Å². The van der Waals surface area contributed by atoms with Crippen molar-refractivity contribution in [2.45, 2.75) is 32.1 Å². The zero-order valence-corrected chi connectivity index (χ0v) is 9.73. The van der Waals surface area contributed by atoms with E-state index in [0.717, 1.165) is 11.1 Å². The van der Waals surface area contributed by atoms with E-state index in [1.807, 2.05) is 38.1 Å². The van der Waals surface area contributed by atoms with E-state index in [-0.39, 0.29) is 18.4 Å². The molecule has 0 unspecified atom stereocenters. The van der Waals surface area contributed by atoms with Crippen molar-refractivity contribution >= 4 is 5.97 Å². The van der Waals surface area contributed by atoms with Gasteiger partial charge in [0, 0.05) is 12.0 Å². The zero-order valence-electron chi connectivity index (χ0n) is 9.73. The van der Waals surface area contributed by atoms with Crippen LogP contribution in [0.4, 0.5) is 0 Å². The lowest BCUT2D eigenvalue weighted by Gasteiger charge is -2.23. The molecule has 0 aromatic heterocycles. The summed E-state index contributed by atoms with van der Waals surface area (Å²) in [5.41, 5.74) is 1.72. The molecule has 16 heavy (non-hydrogen) atoms. The second kappa shape index (κ2) is 5.12. The van der Waals surface area contributed by atoms with Crippen LogP contribution >= 0.6 is 0 Å². The van der Waals surface area contributed by atoms with Gasteiger partial charge in [0.05, 0.1) is 6.42 Å².